The number of pyridine rings is 1. The molecule has 1 heterocycles. The maximum atomic E-state index is 14.0. The third-order valence-electron chi connectivity index (χ3n) is 8.01. The van der Waals surface area contributed by atoms with E-state index >= 15 is 0 Å². The van der Waals surface area contributed by atoms with E-state index in [1.807, 2.05) is 45.0 Å². The number of rotatable bonds is 20. The highest BCUT2D eigenvalue weighted by atomic mass is 32.2. The second-order valence-corrected chi connectivity index (χ2v) is 14.4. The number of nitrogens with two attached hydrogens (primary N) is 1. The Morgan fingerprint density at radius 1 is 0.918 bits per heavy atom. The number of ether oxygens (including phenoxy) is 2. The molecule has 3 aromatic rings. The van der Waals surface area contributed by atoms with Crippen molar-refractivity contribution in [2.75, 3.05) is 12.3 Å². The second kappa shape index (κ2) is 19.9. The predicted octanol–water partition coefficient (Wildman–Crippen LogP) is 5.17. The Bertz CT molecular complexity index is 1570. The lowest BCUT2D eigenvalue weighted by molar-refractivity contribution is -0.151. The number of halogens is 2. The van der Waals surface area contributed by atoms with Crippen molar-refractivity contribution in [3.8, 4) is 0 Å². The summed E-state index contributed by atoms with van der Waals surface area (Å²) in [5.74, 6) is -3.31. The summed E-state index contributed by atoms with van der Waals surface area (Å²) in [5, 5.41) is 4.90. The minimum Gasteiger partial charge on any atom is -0.458 e. The number of esters is 1. The van der Waals surface area contributed by atoms with Gasteiger partial charge in [0.1, 0.15) is 30.4 Å². The maximum absolute atomic E-state index is 14.0. The zero-order valence-electron chi connectivity index (χ0n) is 28.4. The number of benzene rings is 2. The topological polar surface area (TPSA) is 150 Å². The highest BCUT2D eigenvalue weighted by Crippen LogP contribution is 2.18. The summed E-state index contributed by atoms with van der Waals surface area (Å²) in [4.78, 5) is 30.6. The van der Waals surface area contributed by atoms with Gasteiger partial charge < -0.3 is 25.8 Å². The molecule has 3 atom stereocenters. The zero-order valence-corrected chi connectivity index (χ0v) is 29.2. The first-order valence-electron chi connectivity index (χ1n) is 16.7. The molecule has 1 aromatic heterocycles. The Hall–Kier alpha value is -3.94. The monoisotopic (exact) mass is 702 g/mol. The van der Waals surface area contributed by atoms with Crippen LogP contribution in [0.1, 0.15) is 68.7 Å². The van der Waals surface area contributed by atoms with Crippen LogP contribution in [0.2, 0.25) is 0 Å². The fourth-order valence-electron chi connectivity index (χ4n) is 5.46. The predicted molar refractivity (Wildman–Crippen MR) is 184 cm³/mol. The van der Waals surface area contributed by atoms with Gasteiger partial charge in [0.15, 0.2) is 9.84 Å². The number of alkyl carbamates (subject to hydrolysis) is 1. The number of nitrogens with zero attached hydrogens (tertiary/aromatic N) is 1. The number of nitrogens with one attached hydrogen (secondary N) is 2. The minimum absolute atomic E-state index is 0.0281. The number of sulfone groups is 1. The quantitative estimate of drug-likeness (QED) is 0.136. The molecule has 0 saturated carbocycles. The molecule has 0 aliphatic rings. The summed E-state index contributed by atoms with van der Waals surface area (Å²) in [6, 6.07) is 11.7. The number of amides is 1. The molecule has 13 heteroatoms. The van der Waals surface area contributed by atoms with Crippen LogP contribution in [0.5, 0.6) is 0 Å². The van der Waals surface area contributed by atoms with Crippen molar-refractivity contribution >= 4 is 21.9 Å². The van der Waals surface area contributed by atoms with Gasteiger partial charge in [-0.15, -0.1) is 0 Å². The molecule has 1 amide bonds. The van der Waals surface area contributed by atoms with E-state index in [1.165, 1.54) is 6.20 Å². The largest absolute Gasteiger partial charge is 0.458 e. The lowest BCUT2D eigenvalue weighted by atomic mass is 10.0. The van der Waals surface area contributed by atoms with Crippen molar-refractivity contribution in [3.05, 3.63) is 101 Å². The fraction of sp³-hybridized carbons (Fsp3) is 0.472. The third-order valence-corrected chi connectivity index (χ3v) is 10.3. The van der Waals surface area contributed by atoms with Gasteiger partial charge in [-0.1, -0.05) is 63.9 Å². The number of aromatic nitrogens is 1. The van der Waals surface area contributed by atoms with E-state index in [1.54, 1.807) is 18.3 Å². The van der Waals surface area contributed by atoms with E-state index < -0.39 is 62.7 Å². The standard InChI is InChI=1S/C36H48F2N4O6S/c1-4-9-31(10-5-2)49(45,46)24-33(42-36(44)47-23-27-13-8-14-40-21-27)35(43)48-34(22-41-20-26-12-7-11-25(6-3)15-26)32(39)18-28-16-29(37)19-30(38)17-28/h7-8,11-17,19,21,31-34,41H,4-6,9-10,18,20,22-24,39H2,1-3H3,(H,42,44)/t32?,33-,34-/m1/s1. The van der Waals surface area contributed by atoms with Crippen LogP contribution in [0.25, 0.3) is 0 Å². The van der Waals surface area contributed by atoms with Crippen molar-refractivity contribution in [3.63, 3.8) is 0 Å². The Labute approximate surface area is 288 Å². The lowest BCUT2D eigenvalue weighted by Crippen LogP contribution is -2.52. The summed E-state index contributed by atoms with van der Waals surface area (Å²) in [5.41, 5.74) is 9.45. The highest BCUT2D eigenvalue weighted by Gasteiger charge is 2.35. The Morgan fingerprint density at radius 2 is 1.59 bits per heavy atom. The molecule has 0 radical (unpaired) electrons. The fourth-order valence-corrected chi connectivity index (χ4v) is 7.61. The van der Waals surface area contributed by atoms with Gasteiger partial charge in [-0.3, -0.25) is 4.98 Å². The average Bonchev–Trinajstić information content (AvgIpc) is 3.06. The van der Waals surface area contributed by atoms with Gasteiger partial charge in [0.25, 0.3) is 0 Å². The van der Waals surface area contributed by atoms with Gasteiger partial charge in [0.2, 0.25) is 0 Å². The Morgan fingerprint density at radius 3 is 2.22 bits per heavy atom. The van der Waals surface area contributed by atoms with Crippen molar-refractivity contribution in [1.29, 1.82) is 0 Å². The molecule has 1 unspecified atom stereocenters. The van der Waals surface area contributed by atoms with Crippen LogP contribution in [0.4, 0.5) is 13.6 Å². The number of carbonyl (C=O) groups is 2. The van der Waals surface area contributed by atoms with E-state index in [-0.39, 0.29) is 25.1 Å². The van der Waals surface area contributed by atoms with Crippen LogP contribution in [0.15, 0.2) is 67.0 Å². The minimum atomic E-state index is -3.89. The molecule has 0 bridgehead atoms. The number of carbonyl (C=O) groups excluding carboxylic acids is 2. The first kappa shape index (κ1) is 39.5. The molecule has 4 N–H and O–H groups in total. The molecule has 0 fully saturated rings. The lowest BCUT2D eigenvalue weighted by Gasteiger charge is -2.28. The van der Waals surface area contributed by atoms with Gasteiger partial charge in [-0.05, 0) is 60.6 Å². The van der Waals surface area contributed by atoms with Gasteiger partial charge in [0.05, 0.1) is 11.0 Å². The first-order valence-corrected chi connectivity index (χ1v) is 18.4. The zero-order chi connectivity index (χ0) is 35.8. The molecule has 0 saturated heterocycles. The number of hydrogen-bond acceptors (Lipinski definition) is 9. The van der Waals surface area contributed by atoms with Gasteiger partial charge in [0, 0.05) is 43.2 Å². The van der Waals surface area contributed by atoms with E-state index in [0.717, 1.165) is 35.7 Å². The molecule has 3 rings (SSSR count). The van der Waals surface area contributed by atoms with Crippen LogP contribution in [-0.2, 0) is 50.1 Å². The van der Waals surface area contributed by atoms with Crippen molar-refractivity contribution in [2.24, 2.45) is 5.73 Å². The van der Waals surface area contributed by atoms with E-state index in [9.17, 15) is 26.8 Å². The van der Waals surface area contributed by atoms with Crippen LogP contribution < -0.4 is 16.4 Å². The Balaban J connectivity index is 1.85. The van der Waals surface area contributed by atoms with Gasteiger partial charge >= 0.3 is 12.1 Å². The van der Waals surface area contributed by atoms with Gasteiger partial charge in [-0.2, -0.15) is 0 Å². The van der Waals surface area contributed by atoms with Crippen LogP contribution in [0.3, 0.4) is 0 Å². The second-order valence-electron chi connectivity index (χ2n) is 12.1. The van der Waals surface area contributed by atoms with Gasteiger partial charge in [-0.25, -0.2) is 26.8 Å². The molecule has 0 spiro atoms. The van der Waals surface area contributed by atoms with E-state index in [2.05, 4.69) is 15.6 Å². The van der Waals surface area contributed by atoms with Crippen LogP contribution in [0, 0.1) is 11.6 Å². The summed E-state index contributed by atoms with van der Waals surface area (Å²) in [6.45, 7) is 6.06. The molecular formula is C36H48F2N4O6S. The maximum Gasteiger partial charge on any atom is 0.408 e. The first-order chi connectivity index (χ1) is 23.4. The van der Waals surface area contributed by atoms with Crippen molar-refractivity contribution in [1.82, 2.24) is 15.6 Å². The van der Waals surface area contributed by atoms with Crippen LogP contribution in [-0.4, -0.2) is 61.2 Å². The molecular weight excluding hydrogens is 654 g/mol. The highest BCUT2D eigenvalue weighted by molar-refractivity contribution is 7.92. The van der Waals surface area contributed by atoms with E-state index in [4.69, 9.17) is 15.2 Å². The number of aryl methyl sites for hydroxylation is 1. The summed E-state index contributed by atoms with van der Waals surface area (Å²) in [7, 11) is -3.89. The van der Waals surface area contributed by atoms with Crippen molar-refractivity contribution < 1.29 is 36.3 Å². The van der Waals surface area contributed by atoms with E-state index in [0.29, 0.717) is 37.8 Å². The summed E-state index contributed by atoms with van der Waals surface area (Å²) >= 11 is 0. The smallest absolute Gasteiger partial charge is 0.408 e. The number of hydrogen-bond donors (Lipinski definition) is 3. The SMILES string of the molecule is CCCC(CCC)S(=O)(=O)C[C@@H](NC(=O)OCc1cccnc1)C(=O)O[C@H](CNCc1cccc(CC)c1)C(N)Cc1cc(F)cc(F)c1. The molecule has 2 aromatic carbocycles. The van der Waals surface area contributed by atoms with Crippen LogP contribution >= 0.6 is 0 Å². The average molecular weight is 703 g/mol. The molecule has 0 aliphatic heterocycles. The molecule has 49 heavy (non-hydrogen) atoms. The summed E-state index contributed by atoms with van der Waals surface area (Å²) < 4.78 is 66.2. The molecule has 10 nitrogen and oxygen atoms in total. The normalized spacial score (nSPS) is 13.4. The summed E-state index contributed by atoms with van der Waals surface area (Å²) in [6.07, 6.45) is 3.78. The molecule has 0 aliphatic carbocycles. The van der Waals surface area contributed by atoms with Crippen molar-refractivity contribution in [2.45, 2.75) is 95.9 Å². The molecule has 268 valence electrons. The third kappa shape index (κ3) is 13.5. The Kier molecular flexibility index (Phi) is 16.0.